The van der Waals surface area contributed by atoms with Gasteiger partial charge in [0.15, 0.2) is 0 Å². The summed E-state index contributed by atoms with van der Waals surface area (Å²) in [6.07, 6.45) is 0.804. The third kappa shape index (κ3) is 3.18. The maximum absolute atomic E-state index is 13.1. The number of hydrogen-bond acceptors (Lipinski definition) is 2. The van der Waals surface area contributed by atoms with Crippen molar-refractivity contribution < 1.29 is 9.18 Å². The normalized spacial score (nSPS) is 19.0. The maximum atomic E-state index is 13.1. The third-order valence-corrected chi connectivity index (χ3v) is 3.36. The summed E-state index contributed by atoms with van der Waals surface area (Å²) in [6.45, 7) is 1.19. The van der Waals surface area contributed by atoms with E-state index in [4.69, 9.17) is 5.73 Å². The Labute approximate surface area is 114 Å². The van der Waals surface area contributed by atoms with Crippen molar-refractivity contribution in [2.45, 2.75) is 12.5 Å². The molecule has 1 heterocycles. The van der Waals surface area contributed by atoms with Gasteiger partial charge in [-0.3, -0.25) is 4.79 Å². The van der Waals surface area contributed by atoms with Gasteiger partial charge in [0.2, 0.25) is 0 Å². The van der Waals surface area contributed by atoms with E-state index in [-0.39, 0.29) is 24.4 Å². The molecule has 0 aromatic heterocycles. The highest BCUT2D eigenvalue weighted by Gasteiger charge is 2.25. The lowest BCUT2D eigenvalue weighted by atomic mass is 10.2. The van der Waals surface area contributed by atoms with Crippen molar-refractivity contribution in [1.82, 2.24) is 4.90 Å². The number of rotatable bonds is 1. The van der Waals surface area contributed by atoms with Crippen LogP contribution in [-0.2, 0) is 0 Å². The van der Waals surface area contributed by atoms with Crippen LogP contribution in [0.2, 0.25) is 0 Å². The van der Waals surface area contributed by atoms with Crippen molar-refractivity contribution in [2.24, 2.45) is 5.73 Å². The molecule has 0 spiro atoms. The molecule has 17 heavy (non-hydrogen) atoms. The number of halogens is 3. The second-order valence-electron chi connectivity index (χ2n) is 3.92. The molecular formula is C11H13BrClFN2O. The van der Waals surface area contributed by atoms with Gasteiger partial charge in [-0.25, -0.2) is 4.39 Å². The van der Waals surface area contributed by atoms with Crippen LogP contribution in [0.1, 0.15) is 16.8 Å². The first-order chi connectivity index (χ1) is 7.58. The number of amides is 1. The number of benzene rings is 1. The van der Waals surface area contributed by atoms with Crippen LogP contribution >= 0.6 is 28.3 Å². The van der Waals surface area contributed by atoms with Gasteiger partial charge in [-0.05, 0) is 40.5 Å². The summed E-state index contributed by atoms with van der Waals surface area (Å²) in [5.41, 5.74) is 6.08. The standard InChI is InChI=1S/C11H12BrFN2O.ClH/c12-10-2-1-7(13)5-9(10)11(16)15-4-3-8(14)6-15;/h1-2,5,8H,3-4,6,14H2;1H/t8-;/m0./s1. The second-order valence-corrected chi connectivity index (χ2v) is 4.78. The molecule has 2 rings (SSSR count). The molecule has 0 radical (unpaired) electrons. The van der Waals surface area contributed by atoms with E-state index in [0.717, 1.165) is 6.42 Å². The number of hydrogen-bond donors (Lipinski definition) is 1. The molecule has 1 fully saturated rings. The Morgan fingerprint density at radius 2 is 2.24 bits per heavy atom. The number of carbonyl (C=O) groups is 1. The Morgan fingerprint density at radius 1 is 1.53 bits per heavy atom. The molecule has 1 atom stereocenters. The van der Waals surface area contributed by atoms with Crippen LogP contribution in [0.25, 0.3) is 0 Å². The quantitative estimate of drug-likeness (QED) is 0.861. The zero-order chi connectivity index (χ0) is 11.7. The van der Waals surface area contributed by atoms with Crippen LogP contribution < -0.4 is 5.73 Å². The number of nitrogens with two attached hydrogens (primary N) is 1. The fraction of sp³-hybridized carbons (Fsp3) is 0.364. The number of nitrogens with zero attached hydrogens (tertiary/aromatic N) is 1. The monoisotopic (exact) mass is 322 g/mol. The van der Waals surface area contributed by atoms with Crippen molar-refractivity contribution in [3.05, 3.63) is 34.1 Å². The summed E-state index contributed by atoms with van der Waals surface area (Å²) in [5, 5.41) is 0. The zero-order valence-corrected chi connectivity index (χ0v) is 11.4. The molecule has 1 saturated heterocycles. The highest BCUT2D eigenvalue weighted by atomic mass is 79.9. The van der Waals surface area contributed by atoms with Gasteiger partial charge in [0.05, 0.1) is 5.56 Å². The predicted molar refractivity (Wildman–Crippen MR) is 69.8 cm³/mol. The van der Waals surface area contributed by atoms with Crippen molar-refractivity contribution >= 4 is 34.2 Å². The number of likely N-dealkylation sites (tertiary alicyclic amines) is 1. The molecule has 94 valence electrons. The minimum Gasteiger partial charge on any atom is -0.337 e. The van der Waals surface area contributed by atoms with Crippen molar-refractivity contribution in [2.75, 3.05) is 13.1 Å². The average molecular weight is 324 g/mol. The first kappa shape index (κ1) is 14.4. The van der Waals surface area contributed by atoms with Crippen molar-refractivity contribution in [3.63, 3.8) is 0 Å². The van der Waals surface area contributed by atoms with Crippen LogP contribution in [-0.4, -0.2) is 29.9 Å². The van der Waals surface area contributed by atoms with E-state index in [2.05, 4.69) is 15.9 Å². The van der Waals surface area contributed by atoms with E-state index in [9.17, 15) is 9.18 Å². The van der Waals surface area contributed by atoms with Gasteiger partial charge in [0.25, 0.3) is 5.91 Å². The summed E-state index contributed by atoms with van der Waals surface area (Å²) >= 11 is 3.25. The molecule has 1 amide bonds. The van der Waals surface area contributed by atoms with Gasteiger partial charge in [0, 0.05) is 23.6 Å². The smallest absolute Gasteiger partial charge is 0.255 e. The van der Waals surface area contributed by atoms with Crippen molar-refractivity contribution in [1.29, 1.82) is 0 Å². The lowest BCUT2D eigenvalue weighted by molar-refractivity contribution is 0.0789. The van der Waals surface area contributed by atoms with E-state index >= 15 is 0 Å². The van der Waals surface area contributed by atoms with Crippen LogP contribution in [0.4, 0.5) is 4.39 Å². The summed E-state index contributed by atoms with van der Waals surface area (Å²) in [5.74, 6) is -0.575. The number of carbonyl (C=O) groups excluding carboxylic acids is 1. The minimum absolute atomic E-state index is 0. The average Bonchev–Trinajstić information content (AvgIpc) is 2.67. The maximum Gasteiger partial charge on any atom is 0.255 e. The van der Waals surface area contributed by atoms with E-state index < -0.39 is 5.82 Å². The van der Waals surface area contributed by atoms with E-state index in [1.54, 1.807) is 11.0 Å². The Bertz CT molecular complexity index is 430. The first-order valence-corrected chi connectivity index (χ1v) is 5.87. The largest absolute Gasteiger partial charge is 0.337 e. The fourth-order valence-corrected chi connectivity index (χ4v) is 2.22. The summed E-state index contributed by atoms with van der Waals surface area (Å²) < 4.78 is 13.7. The van der Waals surface area contributed by atoms with Crippen LogP contribution in [0.15, 0.2) is 22.7 Å². The van der Waals surface area contributed by atoms with Crippen LogP contribution in [0.5, 0.6) is 0 Å². The van der Waals surface area contributed by atoms with Gasteiger partial charge < -0.3 is 10.6 Å². The lowest BCUT2D eigenvalue weighted by Gasteiger charge is -2.16. The van der Waals surface area contributed by atoms with Gasteiger partial charge in [-0.2, -0.15) is 0 Å². The second kappa shape index (κ2) is 5.80. The Morgan fingerprint density at radius 3 is 2.82 bits per heavy atom. The Kier molecular flexibility index (Phi) is 4.91. The molecule has 0 aliphatic carbocycles. The molecular weight excluding hydrogens is 310 g/mol. The SMILES string of the molecule is Cl.N[C@H]1CCN(C(=O)c2cc(F)ccc2Br)C1. The molecule has 6 heteroatoms. The van der Waals surface area contributed by atoms with Gasteiger partial charge in [0.1, 0.15) is 5.82 Å². The minimum atomic E-state index is -0.407. The van der Waals surface area contributed by atoms with Gasteiger partial charge in [-0.1, -0.05) is 0 Å². The summed E-state index contributed by atoms with van der Waals surface area (Å²) in [6, 6.07) is 4.14. The molecule has 2 N–H and O–H groups in total. The summed E-state index contributed by atoms with van der Waals surface area (Å²) in [7, 11) is 0. The molecule has 1 aromatic carbocycles. The molecule has 1 aliphatic heterocycles. The van der Waals surface area contributed by atoms with Crippen LogP contribution in [0.3, 0.4) is 0 Å². The topological polar surface area (TPSA) is 46.3 Å². The van der Waals surface area contributed by atoms with Crippen molar-refractivity contribution in [3.8, 4) is 0 Å². The molecule has 1 aromatic rings. The molecule has 1 aliphatic rings. The Hall–Kier alpha value is -0.650. The molecule has 0 saturated carbocycles. The van der Waals surface area contributed by atoms with E-state index in [1.165, 1.54) is 12.1 Å². The first-order valence-electron chi connectivity index (χ1n) is 5.08. The van der Waals surface area contributed by atoms with Crippen LogP contribution in [0, 0.1) is 5.82 Å². The van der Waals surface area contributed by atoms with E-state index in [1.807, 2.05) is 0 Å². The highest BCUT2D eigenvalue weighted by molar-refractivity contribution is 9.10. The molecule has 0 unspecified atom stereocenters. The van der Waals surface area contributed by atoms with E-state index in [0.29, 0.717) is 23.1 Å². The Balaban J connectivity index is 0.00000144. The van der Waals surface area contributed by atoms with Gasteiger partial charge >= 0.3 is 0 Å². The fourth-order valence-electron chi connectivity index (χ4n) is 1.80. The highest BCUT2D eigenvalue weighted by Crippen LogP contribution is 2.21. The van der Waals surface area contributed by atoms with Gasteiger partial charge in [-0.15, -0.1) is 12.4 Å². The predicted octanol–water partition coefficient (Wildman–Crippen LogP) is 2.18. The third-order valence-electron chi connectivity index (χ3n) is 2.67. The zero-order valence-electron chi connectivity index (χ0n) is 9.03. The summed E-state index contributed by atoms with van der Waals surface area (Å²) in [4.78, 5) is 13.7. The lowest BCUT2D eigenvalue weighted by Crippen LogP contribution is -2.32. The molecule has 3 nitrogen and oxygen atoms in total. The molecule has 0 bridgehead atoms.